The number of nitro groups is 1. The van der Waals surface area contributed by atoms with E-state index in [1.165, 1.54) is 18.2 Å². The SMILES string of the molecule is CCn1cc(Cl)c(CNC(=O)c2ccc([N+](=O)[O-])c(C)c2)n1. The van der Waals surface area contributed by atoms with E-state index in [0.29, 0.717) is 28.4 Å². The predicted molar refractivity (Wildman–Crippen MR) is 81.9 cm³/mol. The van der Waals surface area contributed by atoms with Crippen LogP contribution in [0.4, 0.5) is 5.69 Å². The summed E-state index contributed by atoms with van der Waals surface area (Å²) in [5, 5.41) is 18.2. The number of carbonyl (C=O) groups is 1. The van der Waals surface area contributed by atoms with Crippen LogP contribution in [-0.4, -0.2) is 20.6 Å². The van der Waals surface area contributed by atoms with Gasteiger partial charge in [0.05, 0.1) is 16.5 Å². The first kappa shape index (κ1) is 16.0. The number of halogens is 1. The molecule has 8 heteroatoms. The number of carbonyl (C=O) groups excluding carboxylic acids is 1. The van der Waals surface area contributed by atoms with E-state index in [2.05, 4.69) is 10.4 Å². The van der Waals surface area contributed by atoms with Gasteiger partial charge in [-0.15, -0.1) is 0 Å². The molecule has 0 fully saturated rings. The van der Waals surface area contributed by atoms with Gasteiger partial charge in [0.25, 0.3) is 11.6 Å². The van der Waals surface area contributed by atoms with Crippen LogP contribution in [0, 0.1) is 17.0 Å². The van der Waals surface area contributed by atoms with Crippen LogP contribution in [-0.2, 0) is 13.1 Å². The Balaban J connectivity index is 2.07. The maximum Gasteiger partial charge on any atom is 0.272 e. The molecule has 7 nitrogen and oxygen atoms in total. The fraction of sp³-hybridized carbons (Fsp3) is 0.286. The first-order chi connectivity index (χ1) is 10.4. The molecular formula is C14H15ClN4O3. The minimum absolute atomic E-state index is 0.0127. The Hall–Kier alpha value is -2.41. The van der Waals surface area contributed by atoms with Crippen molar-refractivity contribution in [3.05, 3.63) is 56.4 Å². The molecule has 2 aromatic rings. The summed E-state index contributed by atoms with van der Waals surface area (Å²) in [6, 6.07) is 4.23. The highest BCUT2D eigenvalue weighted by atomic mass is 35.5. The summed E-state index contributed by atoms with van der Waals surface area (Å²) in [4.78, 5) is 22.4. The second kappa shape index (κ2) is 6.57. The molecule has 0 atom stereocenters. The molecule has 1 aromatic carbocycles. The molecule has 0 bridgehead atoms. The molecule has 0 aliphatic heterocycles. The lowest BCUT2D eigenvalue weighted by molar-refractivity contribution is -0.385. The zero-order valence-corrected chi connectivity index (χ0v) is 12.9. The molecule has 2 rings (SSSR count). The van der Waals surface area contributed by atoms with Gasteiger partial charge in [-0.25, -0.2) is 0 Å². The van der Waals surface area contributed by atoms with Crippen LogP contribution >= 0.6 is 11.6 Å². The maximum absolute atomic E-state index is 12.1. The van der Waals surface area contributed by atoms with Crippen LogP contribution < -0.4 is 5.32 Å². The van der Waals surface area contributed by atoms with Crippen LogP contribution in [0.5, 0.6) is 0 Å². The molecule has 1 heterocycles. The molecule has 0 saturated carbocycles. The minimum atomic E-state index is -0.478. The van der Waals surface area contributed by atoms with Crippen molar-refractivity contribution in [3.8, 4) is 0 Å². The molecule has 0 unspecified atom stereocenters. The lowest BCUT2D eigenvalue weighted by atomic mass is 10.1. The molecule has 0 radical (unpaired) electrons. The van der Waals surface area contributed by atoms with Crippen LogP contribution in [0.2, 0.25) is 5.02 Å². The van der Waals surface area contributed by atoms with E-state index in [0.717, 1.165) is 0 Å². The number of nitrogens with one attached hydrogen (secondary N) is 1. The number of aromatic nitrogens is 2. The topological polar surface area (TPSA) is 90.1 Å². The number of nitro benzene ring substituents is 1. The quantitative estimate of drug-likeness (QED) is 0.677. The Morgan fingerprint density at radius 2 is 2.23 bits per heavy atom. The Kier molecular flexibility index (Phi) is 4.77. The van der Waals surface area contributed by atoms with Crippen molar-refractivity contribution in [2.45, 2.75) is 26.9 Å². The molecule has 1 N–H and O–H groups in total. The van der Waals surface area contributed by atoms with Gasteiger partial charge in [0.15, 0.2) is 0 Å². The number of benzene rings is 1. The van der Waals surface area contributed by atoms with Gasteiger partial charge in [0.1, 0.15) is 5.69 Å². The Morgan fingerprint density at radius 1 is 1.50 bits per heavy atom. The van der Waals surface area contributed by atoms with Crippen molar-refractivity contribution in [1.29, 1.82) is 0 Å². The molecule has 0 spiro atoms. The van der Waals surface area contributed by atoms with Crippen LogP contribution in [0.1, 0.15) is 28.5 Å². The van der Waals surface area contributed by atoms with Gasteiger partial charge in [-0.2, -0.15) is 5.10 Å². The number of hydrogen-bond donors (Lipinski definition) is 1. The van der Waals surface area contributed by atoms with Crippen molar-refractivity contribution >= 4 is 23.2 Å². The van der Waals surface area contributed by atoms with Crippen LogP contribution in [0.15, 0.2) is 24.4 Å². The number of rotatable bonds is 5. The third-order valence-electron chi connectivity index (χ3n) is 3.18. The highest BCUT2D eigenvalue weighted by Crippen LogP contribution is 2.19. The second-order valence-corrected chi connectivity index (χ2v) is 5.13. The van der Waals surface area contributed by atoms with Gasteiger partial charge >= 0.3 is 0 Å². The molecule has 0 aliphatic rings. The predicted octanol–water partition coefficient (Wildman–Crippen LogP) is 2.70. The summed E-state index contributed by atoms with van der Waals surface area (Å²) >= 11 is 6.02. The van der Waals surface area contributed by atoms with Gasteiger partial charge in [-0.1, -0.05) is 11.6 Å². The van der Waals surface area contributed by atoms with Crippen molar-refractivity contribution in [1.82, 2.24) is 15.1 Å². The average molecular weight is 323 g/mol. The van der Waals surface area contributed by atoms with E-state index in [-0.39, 0.29) is 18.1 Å². The Labute approximate surface area is 132 Å². The Morgan fingerprint density at radius 3 is 2.77 bits per heavy atom. The molecule has 0 saturated heterocycles. The summed E-state index contributed by atoms with van der Waals surface area (Å²) in [6.07, 6.45) is 1.69. The molecule has 22 heavy (non-hydrogen) atoms. The highest BCUT2D eigenvalue weighted by Gasteiger charge is 2.14. The molecular weight excluding hydrogens is 308 g/mol. The summed E-state index contributed by atoms with van der Waals surface area (Å²) in [5.41, 5.74) is 1.36. The normalized spacial score (nSPS) is 10.5. The third kappa shape index (κ3) is 3.43. The summed E-state index contributed by atoms with van der Waals surface area (Å²) in [6.45, 7) is 4.41. The molecule has 1 amide bonds. The van der Waals surface area contributed by atoms with Crippen LogP contribution in [0.3, 0.4) is 0 Å². The Bertz CT molecular complexity index is 727. The van der Waals surface area contributed by atoms with Gasteiger partial charge in [-0.3, -0.25) is 19.6 Å². The van der Waals surface area contributed by atoms with E-state index in [4.69, 9.17) is 11.6 Å². The zero-order valence-electron chi connectivity index (χ0n) is 12.2. The lowest BCUT2D eigenvalue weighted by Gasteiger charge is -2.05. The van der Waals surface area contributed by atoms with Gasteiger partial charge in [0, 0.05) is 29.9 Å². The monoisotopic (exact) mass is 322 g/mol. The maximum atomic E-state index is 12.1. The minimum Gasteiger partial charge on any atom is -0.346 e. The fourth-order valence-corrected chi connectivity index (χ4v) is 2.20. The number of aryl methyl sites for hydroxylation is 2. The molecule has 116 valence electrons. The van der Waals surface area contributed by atoms with Gasteiger partial charge in [-0.05, 0) is 26.0 Å². The van der Waals surface area contributed by atoms with Gasteiger partial charge in [0.2, 0.25) is 0 Å². The third-order valence-corrected chi connectivity index (χ3v) is 3.50. The van der Waals surface area contributed by atoms with Gasteiger partial charge < -0.3 is 5.32 Å². The highest BCUT2D eigenvalue weighted by molar-refractivity contribution is 6.31. The van der Waals surface area contributed by atoms with Crippen molar-refractivity contribution < 1.29 is 9.72 Å². The van der Waals surface area contributed by atoms with Crippen molar-refractivity contribution in [2.75, 3.05) is 0 Å². The molecule has 1 aromatic heterocycles. The summed E-state index contributed by atoms with van der Waals surface area (Å²) in [5.74, 6) is -0.333. The van der Waals surface area contributed by atoms with E-state index in [9.17, 15) is 14.9 Å². The largest absolute Gasteiger partial charge is 0.346 e. The van der Waals surface area contributed by atoms with E-state index >= 15 is 0 Å². The van der Waals surface area contributed by atoms with Crippen molar-refractivity contribution in [2.24, 2.45) is 0 Å². The fourth-order valence-electron chi connectivity index (χ4n) is 1.99. The number of amides is 1. The summed E-state index contributed by atoms with van der Waals surface area (Å²) < 4.78 is 1.68. The smallest absolute Gasteiger partial charge is 0.272 e. The first-order valence-electron chi connectivity index (χ1n) is 6.67. The van der Waals surface area contributed by atoms with E-state index in [1.807, 2.05) is 6.92 Å². The van der Waals surface area contributed by atoms with E-state index < -0.39 is 4.92 Å². The standard InChI is InChI=1S/C14H15ClN4O3/c1-3-18-8-11(15)12(17-18)7-16-14(20)10-4-5-13(19(21)22)9(2)6-10/h4-6,8H,3,7H2,1-2H3,(H,16,20). The lowest BCUT2D eigenvalue weighted by Crippen LogP contribution is -2.23. The van der Waals surface area contributed by atoms with Crippen LogP contribution in [0.25, 0.3) is 0 Å². The van der Waals surface area contributed by atoms with E-state index in [1.54, 1.807) is 17.8 Å². The average Bonchev–Trinajstić information content (AvgIpc) is 2.84. The first-order valence-corrected chi connectivity index (χ1v) is 7.05. The second-order valence-electron chi connectivity index (χ2n) is 4.72. The summed E-state index contributed by atoms with van der Waals surface area (Å²) in [7, 11) is 0. The zero-order chi connectivity index (χ0) is 16.3. The number of hydrogen-bond acceptors (Lipinski definition) is 4. The van der Waals surface area contributed by atoms with Crippen molar-refractivity contribution in [3.63, 3.8) is 0 Å². The number of nitrogens with zero attached hydrogens (tertiary/aromatic N) is 3. The molecule has 0 aliphatic carbocycles.